The highest BCUT2D eigenvalue weighted by Crippen LogP contribution is 2.26. The van der Waals surface area contributed by atoms with Gasteiger partial charge in [-0.3, -0.25) is 0 Å². The van der Waals surface area contributed by atoms with Crippen LogP contribution in [0, 0.1) is 11.6 Å². The molecule has 5 heteroatoms. The first-order chi connectivity index (χ1) is 9.65. The molecule has 0 aliphatic carbocycles. The maximum Gasteiger partial charge on any atom is 0.165 e. The summed E-state index contributed by atoms with van der Waals surface area (Å²) >= 11 is 3.26. The third-order valence-electron chi connectivity index (χ3n) is 2.82. The molecule has 20 heavy (non-hydrogen) atoms. The van der Waals surface area contributed by atoms with Gasteiger partial charge >= 0.3 is 0 Å². The van der Waals surface area contributed by atoms with Gasteiger partial charge in [-0.15, -0.1) is 0 Å². The first kappa shape index (κ1) is 14.8. The van der Waals surface area contributed by atoms with Crippen LogP contribution in [0.1, 0.15) is 11.1 Å². The maximum atomic E-state index is 13.8. The largest absolute Gasteiger partial charge is 0.497 e. The lowest BCUT2D eigenvalue weighted by molar-refractivity contribution is 0.282. The smallest absolute Gasteiger partial charge is 0.165 e. The summed E-state index contributed by atoms with van der Waals surface area (Å²) in [7, 11) is 1.46. The number of alkyl halides is 1. The van der Waals surface area contributed by atoms with E-state index >= 15 is 0 Å². The molecule has 2 aromatic rings. The van der Waals surface area contributed by atoms with Crippen LogP contribution in [0.4, 0.5) is 8.78 Å². The van der Waals surface area contributed by atoms with Gasteiger partial charge in [-0.25, -0.2) is 8.78 Å². The first-order valence-corrected chi connectivity index (χ1v) is 7.06. The standard InChI is InChI=1S/C15H13BrF2O2/c1-19-12-6-5-11(14(18)7-12)9-20-15-10(8-16)3-2-4-13(15)17/h2-7H,8-9H2,1H3. The van der Waals surface area contributed by atoms with E-state index in [0.29, 0.717) is 22.2 Å². The molecule has 0 N–H and O–H groups in total. The SMILES string of the molecule is COc1ccc(COc2c(F)cccc2CBr)c(F)c1. The highest BCUT2D eigenvalue weighted by atomic mass is 79.9. The summed E-state index contributed by atoms with van der Waals surface area (Å²) in [4.78, 5) is 0. The molecule has 0 bridgehead atoms. The van der Waals surface area contributed by atoms with Crippen LogP contribution in [0.25, 0.3) is 0 Å². The van der Waals surface area contributed by atoms with Crippen LogP contribution in [-0.2, 0) is 11.9 Å². The van der Waals surface area contributed by atoms with E-state index in [1.54, 1.807) is 24.3 Å². The van der Waals surface area contributed by atoms with Crippen molar-refractivity contribution in [2.45, 2.75) is 11.9 Å². The molecular formula is C15H13BrF2O2. The highest BCUT2D eigenvalue weighted by molar-refractivity contribution is 9.08. The summed E-state index contributed by atoms with van der Waals surface area (Å²) in [6, 6.07) is 9.12. The second-order valence-electron chi connectivity index (χ2n) is 4.11. The molecule has 0 saturated carbocycles. The molecule has 0 heterocycles. The molecule has 0 aliphatic rings. The zero-order valence-electron chi connectivity index (χ0n) is 10.8. The van der Waals surface area contributed by atoms with E-state index in [1.165, 1.54) is 19.2 Å². The van der Waals surface area contributed by atoms with Crippen molar-refractivity contribution >= 4 is 15.9 Å². The molecule has 0 radical (unpaired) electrons. The number of benzene rings is 2. The summed E-state index contributed by atoms with van der Waals surface area (Å²) in [5, 5.41) is 0.463. The fraction of sp³-hybridized carbons (Fsp3) is 0.200. The fourth-order valence-electron chi connectivity index (χ4n) is 1.74. The van der Waals surface area contributed by atoms with Gasteiger partial charge in [-0.2, -0.15) is 0 Å². The van der Waals surface area contributed by atoms with Crippen LogP contribution in [0.2, 0.25) is 0 Å². The van der Waals surface area contributed by atoms with Crippen molar-refractivity contribution < 1.29 is 18.3 Å². The third-order valence-corrected chi connectivity index (χ3v) is 3.43. The molecule has 0 aliphatic heterocycles. The number of methoxy groups -OCH3 is 1. The second kappa shape index (κ2) is 6.70. The first-order valence-electron chi connectivity index (χ1n) is 5.94. The molecule has 0 saturated heterocycles. The van der Waals surface area contributed by atoms with Gasteiger partial charge < -0.3 is 9.47 Å². The summed E-state index contributed by atoms with van der Waals surface area (Å²) in [6.45, 7) is -0.0449. The van der Waals surface area contributed by atoms with Crippen molar-refractivity contribution in [3.63, 3.8) is 0 Å². The van der Waals surface area contributed by atoms with Gasteiger partial charge in [-0.1, -0.05) is 28.1 Å². The van der Waals surface area contributed by atoms with Gasteiger partial charge in [0.2, 0.25) is 0 Å². The van der Waals surface area contributed by atoms with Crippen molar-refractivity contribution in [3.05, 3.63) is 59.2 Å². The van der Waals surface area contributed by atoms with Crippen LogP contribution < -0.4 is 9.47 Å². The minimum atomic E-state index is -0.462. The lowest BCUT2D eigenvalue weighted by Gasteiger charge is -2.12. The highest BCUT2D eigenvalue weighted by Gasteiger charge is 2.11. The van der Waals surface area contributed by atoms with Crippen LogP contribution in [-0.4, -0.2) is 7.11 Å². The molecular weight excluding hydrogens is 330 g/mol. The Morgan fingerprint density at radius 3 is 2.50 bits per heavy atom. The normalized spacial score (nSPS) is 10.4. The van der Waals surface area contributed by atoms with E-state index in [0.717, 1.165) is 0 Å². The van der Waals surface area contributed by atoms with Crippen molar-refractivity contribution in [3.8, 4) is 11.5 Å². The molecule has 2 aromatic carbocycles. The van der Waals surface area contributed by atoms with Gasteiger partial charge in [0, 0.05) is 22.5 Å². The zero-order valence-corrected chi connectivity index (χ0v) is 12.4. The van der Waals surface area contributed by atoms with E-state index in [4.69, 9.17) is 9.47 Å². The van der Waals surface area contributed by atoms with Crippen LogP contribution in [0.3, 0.4) is 0 Å². The van der Waals surface area contributed by atoms with E-state index in [1.807, 2.05) is 0 Å². The topological polar surface area (TPSA) is 18.5 Å². The maximum absolute atomic E-state index is 13.8. The molecule has 0 unspecified atom stereocenters. The molecule has 2 nitrogen and oxygen atoms in total. The van der Waals surface area contributed by atoms with Crippen molar-refractivity contribution in [2.24, 2.45) is 0 Å². The fourth-order valence-corrected chi connectivity index (χ4v) is 2.18. The van der Waals surface area contributed by atoms with E-state index in [9.17, 15) is 8.78 Å². The van der Waals surface area contributed by atoms with E-state index in [-0.39, 0.29) is 12.4 Å². The monoisotopic (exact) mass is 342 g/mol. The Hall–Kier alpha value is -1.62. The Bertz CT molecular complexity index is 602. The van der Waals surface area contributed by atoms with Crippen molar-refractivity contribution in [1.29, 1.82) is 0 Å². The molecule has 0 spiro atoms. The molecule has 2 rings (SSSR count). The third kappa shape index (κ3) is 3.28. The minimum Gasteiger partial charge on any atom is -0.497 e. The summed E-state index contributed by atoms with van der Waals surface area (Å²) in [5.41, 5.74) is 1.02. The Morgan fingerprint density at radius 1 is 1.05 bits per heavy atom. The number of halogens is 3. The van der Waals surface area contributed by atoms with Gasteiger partial charge in [0.05, 0.1) is 7.11 Å². The lowest BCUT2D eigenvalue weighted by Crippen LogP contribution is -2.02. The summed E-state index contributed by atoms with van der Waals surface area (Å²) in [5.74, 6) is -0.338. The van der Waals surface area contributed by atoms with Crippen LogP contribution in [0.15, 0.2) is 36.4 Å². The number of ether oxygens (including phenoxy) is 2. The lowest BCUT2D eigenvalue weighted by atomic mass is 10.2. The van der Waals surface area contributed by atoms with Gasteiger partial charge in [0.1, 0.15) is 18.2 Å². The quantitative estimate of drug-likeness (QED) is 0.747. The Kier molecular flexibility index (Phi) is 4.95. The van der Waals surface area contributed by atoms with Gasteiger partial charge in [-0.05, 0) is 18.2 Å². The Labute approximate surface area is 124 Å². The summed E-state index contributed by atoms with van der Waals surface area (Å²) in [6.07, 6.45) is 0. The number of hydrogen-bond acceptors (Lipinski definition) is 2. The zero-order chi connectivity index (χ0) is 14.5. The van der Waals surface area contributed by atoms with E-state index in [2.05, 4.69) is 15.9 Å². The van der Waals surface area contributed by atoms with Crippen LogP contribution >= 0.6 is 15.9 Å². The second-order valence-corrected chi connectivity index (χ2v) is 4.67. The molecule has 0 amide bonds. The average Bonchev–Trinajstić information content (AvgIpc) is 2.46. The Balaban J connectivity index is 2.17. The van der Waals surface area contributed by atoms with Crippen molar-refractivity contribution in [1.82, 2.24) is 0 Å². The average molecular weight is 343 g/mol. The number of rotatable bonds is 5. The minimum absolute atomic E-state index is 0.0449. The number of hydrogen-bond donors (Lipinski definition) is 0. The molecule has 0 fully saturated rings. The van der Waals surface area contributed by atoms with Gasteiger partial charge in [0.25, 0.3) is 0 Å². The summed E-state index contributed by atoms with van der Waals surface area (Å²) < 4.78 is 37.8. The predicted octanol–water partition coefficient (Wildman–Crippen LogP) is 4.45. The molecule has 106 valence electrons. The molecule has 0 aromatic heterocycles. The predicted molar refractivity (Wildman–Crippen MR) is 76.3 cm³/mol. The number of para-hydroxylation sites is 1. The Morgan fingerprint density at radius 2 is 1.85 bits per heavy atom. The van der Waals surface area contributed by atoms with Crippen LogP contribution in [0.5, 0.6) is 11.5 Å². The van der Waals surface area contributed by atoms with Crippen molar-refractivity contribution in [2.75, 3.05) is 7.11 Å². The molecule has 0 atom stereocenters. The van der Waals surface area contributed by atoms with E-state index < -0.39 is 11.6 Å². The van der Waals surface area contributed by atoms with Gasteiger partial charge in [0.15, 0.2) is 11.6 Å².